The van der Waals surface area contributed by atoms with Crippen LogP contribution in [0.2, 0.25) is 0 Å². The number of anilines is 1. The Bertz CT molecular complexity index is 978. The molecule has 0 spiro atoms. The van der Waals surface area contributed by atoms with Crippen molar-refractivity contribution in [1.29, 1.82) is 0 Å². The maximum atomic E-state index is 13.4. The van der Waals surface area contributed by atoms with Crippen LogP contribution < -0.4 is 10.0 Å². The number of rotatable bonds is 5. The molecule has 1 aliphatic rings. The van der Waals surface area contributed by atoms with Crippen molar-refractivity contribution in [3.8, 4) is 0 Å². The largest absolute Gasteiger partial charge is 0.393 e. The van der Waals surface area contributed by atoms with Crippen LogP contribution in [-0.2, 0) is 10.0 Å². The third-order valence-electron chi connectivity index (χ3n) is 4.79. The van der Waals surface area contributed by atoms with E-state index < -0.39 is 22.0 Å². The van der Waals surface area contributed by atoms with E-state index in [0.717, 1.165) is 6.42 Å². The lowest BCUT2D eigenvalue weighted by molar-refractivity contribution is 0.102. The Labute approximate surface area is 163 Å². The van der Waals surface area contributed by atoms with Gasteiger partial charge in [-0.05, 0) is 74.6 Å². The first-order valence-corrected chi connectivity index (χ1v) is 10.6. The zero-order valence-electron chi connectivity index (χ0n) is 15.5. The minimum absolute atomic E-state index is 0.0181. The second-order valence-electron chi connectivity index (χ2n) is 7.08. The zero-order chi connectivity index (χ0) is 20.3. The molecule has 3 N–H and O–H groups in total. The summed E-state index contributed by atoms with van der Waals surface area (Å²) < 4.78 is 41.3. The molecule has 150 valence electrons. The van der Waals surface area contributed by atoms with Gasteiger partial charge in [0.15, 0.2) is 0 Å². The summed E-state index contributed by atoms with van der Waals surface area (Å²) in [6.45, 7) is 1.59. The molecule has 1 aliphatic carbocycles. The number of aryl methyl sites for hydroxylation is 1. The summed E-state index contributed by atoms with van der Waals surface area (Å²) in [5, 5.41) is 12.4. The van der Waals surface area contributed by atoms with Crippen molar-refractivity contribution in [3.05, 3.63) is 59.4 Å². The molecule has 2 unspecified atom stereocenters. The first-order chi connectivity index (χ1) is 13.2. The van der Waals surface area contributed by atoms with Gasteiger partial charge in [0, 0.05) is 17.3 Å². The second-order valence-corrected chi connectivity index (χ2v) is 8.80. The Kier molecular flexibility index (Phi) is 6.12. The van der Waals surface area contributed by atoms with E-state index in [0.29, 0.717) is 30.5 Å². The van der Waals surface area contributed by atoms with Gasteiger partial charge in [-0.25, -0.2) is 17.5 Å². The van der Waals surface area contributed by atoms with Crippen LogP contribution in [0.25, 0.3) is 0 Å². The summed E-state index contributed by atoms with van der Waals surface area (Å²) in [6.07, 6.45) is 1.98. The van der Waals surface area contributed by atoms with E-state index in [1.807, 2.05) is 0 Å². The highest BCUT2D eigenvalue weighted by molar-refractivity contribution is 7.89. The van der Waals surface area contributed by atoms with Crippen LogP contribution in [-0.4, -0.2) is 31.6 Å². The molecule has 0 heterocycles. The van der Waals surface area contributed by atoms with Gasteiger partial charge in [0.05, 0.1) is 11.0 Å². The number of nitrogens with one attached hydrogen (secondary N) is 2. The molecule has 1 saturated carbocycles. The summed E-state index contributed by atoms with van der Waals surface area (Å²) in [5.74, 6) is -0.860. The fraction of sp³-hybridized carbons (Fsp3) is 0.350. The summed E-state index contributed by atoms with van der Waals surface area (Å²) >= 11 is 0. The molecule has 6 nitrogen and oxygen atoms in total. The minimum Gasteiger partial charge on any atom is -0.393 e. The monoisotopic (exact) mass is 406 g/mol. The van der Waals surface area contributed by atoms with E-state index >= 15 is 0 Å². The number of carbonyl (C=O) groups is 1. The molecule has 0 aromatic heterocycles. The molecule has 8 heteroatoms. The van der Waals surface area contributed by atoms with E-state index in [2.05, 4.69) is 10.0 Å². The Hall–Kier alpha value is -2.29. The Balaban J connectivity index is 1.75. The molecule has 2 aromatic rings. The number of carbonyl (C=O) groups excluding carboxylic acids is 1. The predicted molar refractivity (Wildman–Crippen MR) is 104 cm³/mol. The molecule has 28 heavy (non-hydrogen) atoms. The molecule has 0 aliphatic heterocycles. The summed E-state index contributed by atoms with van der Waals surface area (Å²) in [5.41, 5.74) is 0.994. The molecular weight excluding hydrogens is 383 g/mol. The second kappa shape index (κ2) is 8.38. The molecular formula is C20H23FN2O4S. The zero-order valence-corrected chi connectivity index (χ0v) is 16.3. The van der Waals surface area contributed by atoms with Crippen LogP contribution in [0, 0.1) is 12.7 Å². The van der Waals surface area contributed by atoms with Crippen molar-refractivity contribution in [2.45, 2.75) is 49.6 Å². The van der Waals surface area contributed by atoms with Crippen LogP contribution in [0.4, 0.5) is 10.1 Å². The third kappa shape index (κ3) is 4.95. The highest BCUT2D eigenvalue weighted by Gasteiger charge is 2.26. The van der Waals surface area contributed by atoms with Crippen LogP contribution >= 0.6 is 0 Å². The molecule has 3 rings (SSSR count). The number of aliphatic hydroxyl groups is 1. The van der Waals surface area contributed by atoms with Crippen molar-refractivity contribution in [1.82, 2.24) is 4.72 Å². The smallest absolute Gasteiger partial charge is 0.255 e. The standard InChI is InChI=1S/C20H23FN2O4S/c1-13-10-15(8-9-19(13)21)22-20(25)14-4-2-7-18(11-14)28(26,27)23-16-5-3-6-17(24)12-16/h2,4,7-11,16-17,23-24H,3,5-6,12H2,1H3,(H,22,25). The molecule has 2 aromatic carbocycles. The third-order valence-corrected chi connectivity index (χ3v) is 6.31. The van der Waals surface area contributed by atoms with Gasteiger partial charge in [0.1, 0.15) is 5.82 Å². The van der Waals surface area contributed by atoms with Crippen molar-refractivity contribution in [3.63, 3.8) is 0 Å². The number of halogens is 1. The summed E-state index contributed by atoms with van der Waals surface area (Å²) in [4.78, 5) is 12.5. The number of aliphatic hydroxyl groups excluding tert-OH is 1. The first-order valence-electron chi connectivity index (χ1n) is 9.12. The molecule has 0 radical (unpaired) electrons. The fourth-order valence-corrected chi connectivity index (χ4v) is 4.62. The molecule has 0 saturated heterocycles. The van der Waals surface area contributed by atoms with E-state index in [1.165, 1.54) is 42.5 Å². The highest BCUT2D eigenvalue weighted by Crippen LogP contribution is 2.21. The molecule has 1 fully saturated rings. The topological polar surface area (TPSA) is 95.5 Å². The lowest BCUT2D eigenvalue weighted by atomic mass is 9.94. The van der Waals surface area contributed by atoms with Gasteiger partial charge >= 0.3 is 0 Å². The summed E-state index contributed by atoms with van der Waals surface area (Å²) in [6, 6.07) is 9.60. The van der Waals surface area contributed by atoms with Gasteiger partial charge < -0.3 is 10.4 Å². The average molecular weight is 406 g/mol. The van der Waals surface area contributed by atoms with Crippen molar-refractivity contribution >= 4 is 21.6 Å². The van der Waals surface area contributed by atoms with Crippen LogP contribution in [0.1, 0.15) is 41.6 Å². The van der Waals surface area contributed by atoms with Crippen LogP contribution in [0.5, 0.6) is 0 Å². The van der Waals surface area contributed by atoms with E-state index in [4.69, 9.17) is 0 Å². The minimum atomic E-state index is -3.82. The van der Waals surface area contributed by atoms with Crippen molar-refractivity contribution < 1.29 is 22.7 Å². The van der Waals surface area contributed by atoms with Crippen molar-refractivity contribution in [2.75, 3.05) is 5.32 Å². The Morgan fingerprint density at radius 1 is 1.18 bits per heavy atom. The van der Waals surface area contributed by atoms with E-state index in [9.17, 15) is 22.7 Å². The van der Waals surface area contributed by atoms with Gasteiger partial charge in [-0.1, -0.05) is 6.07 Å². The van der Waals surface area contributed by atoms with Gasteiger partial charge in [-0.15, -0.1) is 0 Å². The van der Waals surface area contributed by atoms with E-state index in [1.54, 1.807) is 6.92 Å². The fourth-order valence-electron chi connectivity index (χ4n) is 3.29. The van der Waals surface area contributed by atoms with Crippen LogP contribution in [0.15, 0.2) is 47.4 Å². The van der Waals surface area contributed by atoms with Gasteiger partial charge in [0.25, 0.3) is 5.91 Å². The number of hydrogen-bond donors (Lipinski definition) is 3. The van der Waals surface area contributed by atoms with E-state index in [-0.39, 0.29) is 22.3 Å². The number of amides is 1. The number of benzene rings is 2. The number of hydrogen-bond acceptors (Lipinski definition) is 4. The predicted octanol–water partition coefficient (Wildman–Crippen LogP) is 2.97. The maximum Gasteiger partial charge on any atom is 0.255 e. The van der Waals surface area contributed by atoms with Gasteiger partial charge in [-0.2, -0.15) is 0 Å². The lowest BCUT2D eigenvalue weighted by Crippen LogP contribution is -2.39. The average Bonchev–Trinajstić information content (AvgIpc) is 2.64. The first kappa shape index (κ1) is 20.4. The summed E-state index contributed by atoms with van der Waals surface area (Å²) in [7, 11) is -3.82. The molecule has 0 bridgehead atoms. The van der Waals surface area contributed by atoms with Gasteiger partial charge in [-0.3, -0.25) is 4.79 Å². The SMILES string of the molecule is Cc1cc(NC(=O)c2cccc(S(=O)(=O)NC3CCCC(O)C3)c2)ccc1F. The Morgan fingerprint density at radius 2 is 1.96 bits per heavy atom. The molecule has 1 amide bonds. The van der Waals surface area contributed by atoms with Crippen molar-refractivity contribution in [2.24, 2.45) is 0 Å². The quantitative estimate of drug-likeness (QED) is 0.711. The van der Waals surface area contributed by atoms with Gasteiger partial charge in [0.2, 0.25) is 10.0 Å². The number of sulfonamides is 1. The van der Waals surface area contributed by atoms with Crippen LogP contribution in [0.3, 0.4) is 0 Å². The Morgan fingerprint density at radius 3 is 2.68 bits per heavy atom. The highest BCUT2D eigenvalue weighted by atomic mass is 32.2. The molecule has 2 atom stereocenters. The maximum absolute atomic E-state index is 13.4. The normalized spacial score (nSPS) is 20.0. The lowest BCUT2D eigenvalue weighted by Gasteiger charge is -2.26.